The van der Waals surface area contributed by atoms with Crippen molar-refractivity contribution in [2.75, 3.05) is 6.61 Å². The lowest BCUT2D eigenvalue weighted by Crippen LogP contribution is -2.67. The summed E-state index contributed by atoms with van der Waals surface area (Å²) in [5.74, 6) is 0.739. The lowest BCUT2D eigenvalue weighted by atomic mass is 9.24. The molecule has 0 unspecified atom stereocenters. The third-order valence-corrected chi connectivity index (χ3v) is 4.23. The standard InChI is InChI=1S/C14H21BN5O/c1-14(2)10-21-13(18-14)15(3,11-16-6-8-19(11)4)12-17-7-9-20(12)5/h6-9H,10H2,1-5H3/q-1. The number of nitrogens with zero attached hydrogens (tertiary/aromatic N) is 5. The second-order valence-electron chi connectivity index (χ2n) is 6.64. The number of rotatable bonds is 3. The molecule has 7 heteroatoms. The Morgan fingerprint density at radius 2 is 1.62 bits per heavy atom. The van der Waals surface area contributed by atoms with E-state index in [0.717, 1.165) is 17.2 Å². The Morgan fingerprint density at radius 1 is 1.10 bits per heavy atom. The summed E-state index contributed by atoms with van der Waals surface area (Å²) in [6.45, 7) is 6.88. The molecule has 112 valence electrons. The van der Waals surface area contributed by atoms with Crippen LogP contribution < -0.4 is 11.4 Å². The lowest BCUT2D eigenvalue weighted by Gasteiger charge is -2.34. The average molecular weight is 286 g/mol. The van der Waals surface area contributed by atoms with Gasteiger partial charge in [-0.2, -0.15) is 6.82 Å². The molecule has 0 fully saturated rings. The second-order valence-corrected chi connectivity index (χ2v) is 6.64. The van der Waals surface area contributed by atoms with E-state index in [9.17, 15) is 0 Å². The molecule has 0 amide bonds. The minimum Gasteiger partial charge on any atom is -0.518 e. The second kappa shape index (κ2) is 4.48. The van der Waals surface area contributed by atoms with Gasteiger partial charge in [0, 0.05) is 44.7 Å². The zero-order chi connectivity index (χ0) is 15.3. The van der Waals surface area contributed by atoms with E-state index in [2.05, 4.69) is 30.6 Å². The maximum Gasteiger partial charge on any atom is 0.220 e. The Morgan fingerprint density at radius 3 is 1.95 bits per heavy atom. The van der Waals surface area contributed by atoms with Crippen LogP contribution in [0.3, 0.4) is 0 Å². The Labute approximate surface area is 124 Å². The van der Waals surface area contributed by atoms with Crippen molar-refractivity contribution in [2.24, 2.45) is 19.1 Å². The highest BCUT2D eigenvalue weighted by molar-refractivity contribution is 7.20. The van der Waals surface area contributed by atoms with Gasteiger partial charge in [-0.1, -0.05) is 0 Å². The van der Waals surface area contributed by atoms with Gasteiger partial charge in [0.25, 0.3) is 0 Å². The molecule has 0 radical (unpaired) electrons. The highest BCUT2D eigenvalue weighted by Crippen LogP contribution is 2.21. The molecule has 2 aromatic rings. The molecule has 1 aliphatic heterocycles. The van der Waals surface area contributed by atoms with Gasteiger partial charge in [0.05, 0.1) is 5.54 Å². The largest absolute Gasteiger partial charge is 0.518 e. The normalized spacial score (nSPS) is 17.7. The molecule has 0 atom stereocenters. The maximum atomic E-state index is 5.96. The fourth-order valence-electron chi connectivity index (χ4n) is 3.11. The van der Waals surface area contributed by atoms with Crippen molar-refractivity contribution in [1.29, 1.82) is 0 Å². The first-order valence-electron chi connectivity index (χ1n) is 7.23. The van der Waals surface area contributed by atoms with Gasteiger partial charge in [-0.15, -0.1) is 0 Å². The van der Waals surface area contributed by atoms with Crippen LogP contribution in [-0.4, -0.2) is 43.2 Å². The first-order valence-corrected chi connectivity index (χ1v) is 7.23. The summed E-state index contributed by atoms with van der Waals surface area (Å²) in [6.07, 6.45) is 6.08. The maximum absolute atomic E-state index is 5.96. The van der Waals surface area contributed by atoms with Gasteiger partial charge in [-0.3, -0.25) is 15.0 Å². The highest BCUT2D eigenvalue weighted by atomic mass is 16.5. The number of aromatic nitrogens is 4. The van der Waals surface area contributed by atoms with Crippen molar-refractivity contribution in [2.45, 2.75) is 26.2 Å². The minimum atomic E-state index is -1.42. The summed E-state index contributed by atoms with van der Waals surface area (Å²) in [7, 11) is 3.98. The van der Waals surface area contributed by atoms with Crippen LogP contribution in [-0.2, 0) is 18.8 Å². The van der Waals surface area contributed by atoms with Crippen LogP contribution in [0, 0.1) is 0 Å². The van der Waals surface area contributed by atoms with Crippen molar-refractivity contribution in [3.63, 3.8) is 0 Å². The third-order valence-electron chi connectivity index (χ3n) is 4.23. The molecule has 0 bridgehead atoms. The summed E-state index contributed by atoms with van der Waals surface area (Å²) in [4.78, 5) is 13.9. The molecule has 0 N–H and O–H groups in total. The fourth-order valence-corrected chi connectivity index (χ4v) is 3.11. The topological polar surface area (TPSA) is 57.2 Å². The molecule has 0 spiro atoms. The third kappa shape index (κ3) is 2.07. The Bertz CT molecular complexity index is 660. The van der Waals surface area contributed by atoms with E-state index in [4.69, 9.17) is 9.73 Å². The number of ether oxygens (including phenoxy) is 1. The van der Waals surface area contributed by atoms with E-state index in [0.29, 0.717) is 6.61 Å². The van der Waals surface area contributed by atoms with E-state index in [1.54, 1.807) is 12.4 Å². The van der Waals surface area contributed by atoms with Gasteiger partial charge in [0.15, 0.2) is 0 Å². The molecular formula is C14H21BN5O-. The summed E-state index contributed by atoms with van der Waals surface area (Å²) in [5, 5.41) is 0. The van der Waals surface area contributed by atoms with E-state index >= 15 is 0 Å². The van der Waals surface area contributed by atoms with E-state index < -0.39 is 6.15 Å². The molecule has 0 saturated carbocycles. The number of imidazole rings is 2. The number of aliphatic imine (C=N–C) groups is 1. The first-order chi connectivity index (χ1) is 9.84. The zero-order valence-electron chi connectivity index (χ0n) is 13.2. The monoisotopic (exact) mass is 286 g/mol. The van der Waals surface area contributed by atoms with Crippen LogP contribution in [0.5, 0.6) is 0 Å². The van der Waals surface area contributed by atoms with Crippen LogP contribution in [0.4, 0.5) is 0 Å². The van der Waals surface area contributed by atoms with E-state index in [1.165, 1.54) is 0 Å². The molecule has 0 saturated heterocycles. The smallest absolute Gasteiger partial charge is 0.220 e. The van der Waals surface area contributed by atoms with E-state index in [1.807, 2.05) is 35.6 Å². The Balaban J connectivity index is 2.22. The predicted molar refractivity (Wildman–Crippen MR) is 84.8 cm³/mol. The molecule has 0 aromatic carbocycles. The predicted octanol–water partition coefficient (Wildman–Crippen LogP) is 0.0929. The summed E-state index contributed by atoms with van der Waals surface area (Å²) < 4.78 is 10.0. The average Bonchev–Trinajstić information content (AvgIpc) is 3.09. The van der Waals surface area contributed by atoms with E-state index in [-0.39, 0.29) is 5.54 Å². The van der Waals surface area contributed by atoms with Crippen molar-refractivity contribution < 1.29 is 4.74 Å². The Kier molecular flexibility index (Phi) is 2.97. The summed E-state index contributed by atoms with van der Waals surface area (Å²) in [6, 6.07) is 0. The molecule has 2 aromatic heterocycles. The van der Waals surface area contributed by atoms with Gasteiger partial charge >= 0.3 is 0 Å². The van der Waals surface area contributed by atoms with Crippen molar-refractivity contribution in [3.05, 3.63) is 24.8 Å². The molecule has 3 rings (SSSR count). The summed E-state index contributed by atoms with van der Waals surface area (Å²) >= 11 is 0. The van der Waals surface area contributed by atoms with Gasteiger partial charge in [0.2, 0.25) is 6.15 Å². The number of hydrogen-bond acceptors (Lipinski definition) is 4. The van der Waals surface area contributed by atoms with Gasteiger partial charge < -0.3 is 13.9 Å². The quantitative estimate of drug-likeness (QED) is 0.752. The fraction of sp³-hybridized carbons (Fsp3) is 0.500. The molecule has 3 heterocycles. The van der Waals surface area contributed by atoms with Crippen LogP contribution in [0.25, 0.3) is 0 Å². The van der Waals surface area contributed by atoms with Gasteiger partial charge in [-0.05, 0) is 25.3 Å². The highest BCUT2D eigenvalue weighted by Gasteiger charge is 2.41. The van der Waals surface area contributed by atoms with Crippen LogP contribution in [0.2, 0.25) is 6.82 Å². The molecule has 21 heavy (non-hydrogen) atoms. The molecule has 1 aliphatic rings. The first kappa shape index (κ1) is 13.9. The van der Waals surface area contributed by atoms with Crippen LogP contribution in [0.15, 0.2) is 29.8 Å². The van der Waals surface area contributed by atoms with Gasteiger partial charge in [-0.25, -0.2) is 0 Å². The van der Waals surface area contributed by atoms with Crippen molar-refractivity contribution in [3.8, 4) is 0 Å². The van der Waals surface area contributed by atoms with Crippen LogP contribution in [0.1, 0.15) is 13.8 Å². The van der Waals surface area contributed by atoms with Crippen LogP contribution >= 0.6 is 0 Å². The Hall–Kier alpha value is -2.05. The van der Waals surface area contributed by atoms with Crippen molar-refractivity contribution in [1.82, 2.24) is 19.1 Å². The summed E-state index contributed by atoms with van der Waals surface area (Å²) in [5.41, 5.74) is 1.66. The molecule has 6 nitrogen and oxygen atoms in total. The van der Waals surface area contributed by atoms with Gasteiger partial charge in [0.1, 0.15) is 6.61 Å². The number of hydrogen-bond donors (Lipinski definition) is 0. The minimum absolute atomic E-state index is 0.200. The lowest BCUT2D eigenvalue weighted by molar-refractivity contribution is 0.282. The zero-order valence-corrected chi connectivity index (χ0v) is 13.2. The SMILES string of the molecule is Cn1ccnc1[B-](C)(C1=NC(C)(C)CO1)c1nccn1C. The van der Waals surface area contributed by atoms with Crippen molar-refractivity contribution >= 4 is 23.4 Å². The number of aryl methyl sites for hydroxylation is 2. The molecular weight excluding hydrogens is 265 g/mol. The molecule has 0 aliphatic carbocycles.